The average Bonchev–Trinajstić information content (AvgIpc) is 2.28. The van der Waals surface area contributed by atoms with Crippen LogP contribution in [-0.2, 0) is 0 Å². The molecule has 65 valence electrons. The van der Waals surface area contributed by atoms with Crippen LogP contribution in [0.2, 0.25) is 0 Å². The van der Waals surface area contributed by atoms with Gasteiger partial charge in [-0.1, -0.05) is 18.2 Å². The van der Waals surface area contributed by atoms with Crippen LogP contribution in [0.4, 0.5) is 0 Å². The van der Waals surface area contributed by atoms with Gasteiger partial charge in [-0.3, -0.25) is 0 Å². The van der Waals surface area contributed by atoms with E-state index in [1.165, 1.54) is 6.08 Å². The molecule has 3 heteroatoms. The summed E-state index contributed by atoms with van der Waals surface area (Å²) in [7, 11) is 0. The molecule has 0 aliphatic carbocycles. The molecule has 2 N–H and O–H groups in total. The van der Waals surface area contributed by atoms with Gasteiger partial charge in [0.25, 0.3) is 0 Å². The molecule has 2 rings (SSSR count). The van der Waals surface area contributed by atoms with Crippen LogP contribution in [0.5, 0.6) is 0 Å². The minimum atomic E-state index is -0.138. The maximum Gasteiger partial charge on any atom is 0.197 e. The summed E-state index contributed by atoms with van der Waals surface area (Å²) >= 11 is 1.13. The van der Waals surface area contributed by atoms with Crippen molar-refractivity contribution in [2.45, 2.75) is 4.90 Å². The van der Waals surface area contributed by atoms with Crippen molar-refractivity contribution in [3.63, 3.8) is 0 Å². The van der Waals surface area contributed by atoms with Crippen LogP contribution < -0.4 is 0 Å². The van der Waals surface area contributed by atoms with Crippen LogP contribution in [0.15, 0.2) is 46.1 Å². The Bertz CT molecular complexity index is 394. The number of hydrogen-bond donors (Lipinski definition) is 2. The number of rotatable bonds is 0. The Kier molecular flexibility index (Phi) is 2.02. The zero-order valence-electron chi connectivity index (χ0n) is 6.69. The number of thioether (sulfide) groups is 1. The normalized spacial score (nSPS) is 15.4. The molecular formula is C10H7O2S. The Hall–Kier alpha value is -1.35. The Labute approximate surface area is 80.2 Å². The van der Waals surface area contributed by atoms with Crippen LogP contribution in [0.1, 0.15) is 5.56 Å². The molecule has 0 amide bonds. The Morgan fingerprint density at radius 2 is 1.92 bits per heavy atom. The van der Waals surface area contributed by atoms with Gasteiger partial charge in [0.1, 0.15) is 0 Å². The Morgan fingerprint density at radius 1 is 1.15 bits per heavy atom. The van der Waals surface area contributed by atoms with Gasteiger partial charge in [-0.25, -0.2) is 0 Å². The first kappa shape index (κ1) is 8.26. The van der Waals surface area contributed by atoms with E-state index >= 15 is 0 Å². The van der Waals surface area contributed by atoms with Crippen LogP contribution in [0, 0.1) is 6.08 Å². The van der Waals surface area contributed by atoms with Crippen molar-refractivity contribution in [2.75, 3.05) is 0 Å². The summed E-state index contributed by atoms with van der Waals surface area (Å²) in [6.07, 6.45) is 4.26. The minimum absolute atomic E-state index is 0.0857. The van der Waals surface area contributed by atoms with Gasteiger partial charge in [-0.2, -0.15) is 0 Å². The van der Waals surface area contributed by atoms with Crippen LogP contribution in [0.25, 0.3) is 0 Å². The third-order valence-corrected chi connectivity index (χ3v) is 2.66. The lowest BCUT2D eigenvalue weighted by Gasteiger charge is -2.01. The highest BCUT2D eigenvalue weighted by Gasteiger charge is 2.10. The van der Waals surface area contributed by atoms with E-state index < -0.39 is 0 Å². The van der Waals surface area contributed by atoms with Crippen molar-refractivity contribution in [1.82, 2.24) is 0 Å². The molecule has 1 aliphatic rings. The second-order valence-corrected chi connectivity index (χ2v) is 3.61. The molecule has 1 radical (unpaired) electrons. The smallest absolute Gasteiger partial charge is 0.197 e. The van der Waals surface area contributed by atoms with Crippen LogP contribution >= 0.6 is 11.8 Å². The molecule has 0 fully saturated rings. The predicted octanol–water partition coefficient (Wildman–Crippen LogP) is 2.78. The zero-order valence-corrected chi connectivity index (χ0v) is 7.51. The first-order valence-corrected chi connectivity index (χ1v) is 4.58. The molecule has 0 atom stereocenters. The molecule has 0 saturated heterocycles. The van der Waals surface area contributed by atoms with Crippen molar-refractivity contribution in [3.05, 3.63) is 52.8 Å². The second-order valence-electron chi connectivity index (χ2n) is 2.58. The molecule has 0 spiro atoms. The molecule has 0 bridgehead atoms. The molecule has 0 unspecified atom stereocenters. The van der Waals surface area contributed by atoms with E-state index in [1.807, 2.05) is 24.3 Å². The number of fused-ring (bicyclic) bond motifs is 1. The van der Waals surface area contributed by atoms with Crippen molar-refractivity contribution in [3.8, 4) is 0 Å². The van der Waals surface area contributed by atoms with Gasteiger partial charge in [0.05, 0.1) is 0 Å². The number of benzene rings is 1. The molecule has 0 saturated carbocycles. The summed E-state index contributed by atoms with van der Waals surface area (Å²) < 4.78 is 0. The third-order valence-electron chi connectivity index (χ3n) is 1.68. The number of aliphatic hydroxyl groups excluding tert-OH is 2. The lowest BCUT2D eigenvalue weighted by molar-refractivity contribution is 0.367. The molecule has 0 aromatic heterocycles. The van der Waals surface area contributed by atoms with E-state index in [9.17, 15) is 10.2 Å². The SMILES string of the molecule is OC1=C(O)Sc2ccccc2[C]=C1. The van der Waals surface area contributed by atoms with Crippen molar-refractivity contribution >= 4 is 11.8 Å². The van der Waals surface area contributed by atoms with E-state index in [2.05, 4.69) is 6.08 Å². The quantitative estimate of drug-likeness (QED) is 0.662. The molecule has 1 aromatic rings. The van der Waals surface area contributed by atoms with Gasteiger partial charge in [0, 0.05) is 4.90 Å². The molecule has 1 aliphatic heterocycles. The molecule has 13 heavy (non-hydrogen) atoms. The van der Waals surface area contributed by atoms with Gasteiger partial charge < -0.3 is 10.2 Å². The first-order valence-electron chi connectivity index (χ1n) is 3.76. The number of aliphatic hydroxyl groups is 2. The van der Waals surface area contributed by atoms with Gasteiger partial charge in [-0.05, 0) is 35.5 Å². The van der Waals surface area contributed by atoms with E-state index in [0.29, 0.717) is 0 Å². The largest absolute Gasteiger partial charge is 0.504 e. The summed E-state index contributed by atoms with van der Waals surface area (Å²) in [5.41, 5.74) is 0.878. The van der Waals surface area contributed by atoms with E-state index in [4.69, 9.17) is 0 Å². The molecule has 1 aromatic carbocycles. The third kappa shape index (κ3) is 1.55. The fourth-order valence-corrected chi connectivity index (χ4v) is 1.79. The second kappa shape index (κ2) is 3.18. The van der Waals surface area contributed by atoms with Crippen LogP contribution in [0.3, 0.4) is 0 Å². The highest BCUT2D eigenvalue weighted by Crippen LogP contribution is 2.32. The first-order chi connectivity index (χ1) is 6.27. The van der Waals surface area contributed by atoms with E-state index in [-0.39, 0.29) is 10.9 Å². The van der Waals surface area contributed by atoms with Gasteiger partial charge >= 0.3 is 0 Å². The monoisotopic (exact) mass is 191 g/mol. The van der Waals surface area contributed by atoms with Gasteiger partial charge in [0.15, 0.2) is 10.9 Å². The van der Waals surface area contributed by atoms with E-state index in [0.717, 1.165) is 22.2 Å². The summed E-state index contributed by atoms with van der Waals surface area (Å²) in [6, 6.07) is 7.52. The topological polar surface area (TPSA) is 40.5 Å². The lowest BCUT2D eigenvalue weighted by Crippen LogP contribution is -1.80. The zero-order chi connectivity index (χ0) is 9.26. The van der Waals surface area contributed by atoms with Crippen molar-refractivity contribution in [1.29, 1.82) is 0 Å². The van der Waals surface area contributed by atoms with Crippen molar-refractivity contribution in [2.24, 2.45) is 0 Å². The number of hydrogen-bond acceptors (Lipinski definition) is 3. The standard InChI is InChI=1S/C10H7O2S/c11-8-6-5-7-3-1-2-4-9(7)13-10(8)12/h1-4,6,11-12H. The molecular weight excluding hydrogens is 184 g/mol. The Balaban J connectivity index is 2.51. The average molecular weight is 191 g/mol. The fraction of sp³-hybridized carbons (Fsp3) is 0. The summed E-state index contributed by atoms with van der Waals surface area (Å²) in [4.78, 5) is 0.889. The number of allylic oxidation sites excluding steroid dienone is 1. The van der Waals surface area contributed by atoms with E-state index in [1.54, 1.807) is 0 Å². The van der Waals surface area contributed by atoms with Gasteiger partial charge in [-0.15, -0.1) is 0 Å². The highest BCUT2D eigenvalue weighted by atomic mass is 32.2. The molecule has 1 heterocycles. The summed E-state index contributed by atoms with van der Waals surface area (Å²) in [6.45, 7) is 0. The molecule has 2 nitrogen and oxygen atoms in total. The fourth-order valence-electron chi connectivity index (χ4n) is 1.04. The summed E-state index contributed by atoms with van der Waals surface area (Å²) in [5.74, 6) is -0.138. The summed E-state index contributed by atoms with van der Waals surface area (Å²) in [5, 5.41) is 18.5. The lowest BCUT2D eigenvalue weighted by atomic mass is 10.2. The van der Waals surface area contributed by atoms with Crippen LogP contribution in [-0.4, -0.2) is 10.2 Å². The highest BCUT2D eigenvalue weighted by molar-refractivity contribution is 8.03. The Morgan fingerprint density at radius 3 is 2.77 bits per heavy atom. The van der Waals surface area contributed by atoms with Crippen molar-refractivity contribution < 1.29 is 10.2 Å². The van der Waals surface area contributed by atoms with Gasteiger partial charge in [0.2, 0.25) is 0 Å². The maximum absolute atomic E-state index is 9.33. The minimum Gasteiger partial charge on any atom is -0.504 e. The maximum atomic E-state index is 9.33. The predicted molar refractivity (Wildman–Crippen MR) is 51.5 cm³/mol.